The number of methoxy groups -OCH3 is 1. The summed E-state index contributed by atoms with van der Waals surface area (Å²) < 4.78 is 5.10. The highest BCUT2D eigenvalue weighted by atomic mass is 32.1. The second kappa shape index (κ2) is 8.58. The van der Waals surface area contributed by atoms with E-state index in [4.69, 9.17) is 4.74 Å². The summed E-state index contributed by atoms with van der Waals surface area (Å²) in [6.07, 6.45) is 1.65. The first-order valence-corrected chi connectivity index (χ1v) is 9.88. The van der Waals surface area contributed by atoms with Gasteiger partial charge >= 0.3 is 0 Å². The van der Waals surface area contributed by atoms with E-state index in [1.807, 2.05) is 23.6 Å². The summed E-state index contributed by atoms with van der Waals surface area (Å²) >= 11 is 1.49. The molecule has 0 aliphatic heterocycles. The van der Waals surface area contributed by atoms with E-state index < -0.39 is 0 Å². The number of phenols is 1. The third-order valence-corrected chi connectivity index (χ3v) is 5.12. The lowest BCUT2D eigenvalue weighted by Gasteiger charge is -2.03. The predicted octanol–water partition coefficient (Wildman–Crippen LogP) is 5.64. The molecule has 0 spiro atoms. The van der Waals surface area contributed by atoms with E-state index in [0.717, 1.165) is 16.8 Å². The van der Waals surface area contributed by atoms with E-state index in [9.17, 15) is 5.11 Å². The van der Waals surface area contributed by atoms with Crippen molar-refractivity contribution >= 4 is 22.7 Å². The molecule has 1 aromatic heterocycles. The van der Waals surface area contributed by atoms with Gasteiger partial charge in [-0.25, -0.2) is 4.98 Å². The Balaban J connectivity index is 1.43. The van der Waals surface area contributed by atoms with Crippen molar-refractivity contribution < 1.29 is 9.84 Å². The van der Waals surface area contributed by atoms with E-state index in [-0.39, 0.29) is 5.75 Å². The quantitative estimate of drug-likeness (QED) is 0.324. The van der Waals surface area contributed by atoms with Gasteiger partial charge in [-0.05, 0) is 34.9 Å². The van der Waals surface area contributed by atoms with E-state index >= 15 is 0 Å². The van der Waals surface area contributed by atoms with Gasteiger partial charge in [-0.15, -0.1) is 11.3 Å². The zero-order valence-corrected chi connectivity index (χ0v) is 16.6. The van der Waals surface area contributed by atoms with Gasteiger partial charge in [-0.1, -0.05) is 54.6 Å². The average Bonchev–Trinajstić information content (AvgIpc) is 3.24. The fourth-order valence-electron chi connectivity index (χ4n) is 2.86. The monoisotopic (exact) mass is 401 g/mol. The van der Waals surface area contributed by atoms with Crippen molar-refractivity contribution in [3.05, 3.63) is 83.7 Å². The number of rotatable bonds is 6. The number of thiazole rings is 1. The first-order chi connectivity index (χ1) is 14.2. The second-order valence-electron chi connectivity index (χ2n) is 6.28. The first kappa shape index (κ1) is 18.7. The Labute approximate surface area is 173 Å². The van der Waals surface area contributed by atoms with Crippen molar-refractivity contribution in [1.82, 2.24) is 4.98 Å². The summed E-state index contributed by atoms with van der Waals surface area (Å²) in [7, 11) is 1.51. The Bertz CT molecular complexity index is 1120. The molecule has 0 saturated carbocycles. The van der Waals surface area contributed by atoms with Crippen LogP contribution >= 0.6 is 11.3 Å². The molecule has 0 fully saturated rings. The van der Waals surface area contributed by atoms with E-state index in [0.29, 0.717) is 10.9 Å². The molecule has 0 aliphatic rings. The van der Waals surface area contributed by atoms with Crippen molar-refractivity contribution in [3.63, 3.8) is 0 Å². The van der Waals surface area contributed by atoms with Crippen LogP contribution in [-0.4, -0.2) is 23.4 Å². The maximum Gasteiger partial charge on any atom is 0.203 e. The molecular weight excluding hydrogens is 382 g/mol. The van der Waals surface area contributed by atoms with Gasteiger partial charge in [0.25, 0.3) is 0 Å². The summed E-state index contributed by atoms with van der Waals surface area (Å²) in [5, 5.41) is 16.6. The third-order valence-electron chi connectivity index (χ3n) is 4.37. The molecule has 4 rings (SSSR count). The van der Waals surface area contributed by atoms with Crippen LogP contribution in [0.25, 0.3) is 22.4 Å². The molecular formula is C23H19N3O2S. The molecule has 2 N–H and O–H groups in total. The van der Waals surface area contributed by atoms with Gasteiger partial charge < -0.3 is 9.84 Å². The van der Waals surface area contributed by atoms with Gasteiger partial charge in [0.1, 0.15) is 0 Å². The number of phenolic OH excluding ortho intramolecular Hbond substituents is 1. The van der Waals surface area contributed by atoms with Crippen LogP contribution in [-0.2, 0) is 0 Å². The number of hydrazone groups is 1. The number of nitrogens with zero attached hydrogens (tertiary/aromatic N) is 2. The van der Waals surface area contributed by atoms with Crippen LogP contribution in [0.15, 0.2) is 83.3 Å². The minimum atomic E-state index is 0.0976. The summed E-state index contributed by atoms with van der Waals surface area (Å²) in [5.74, 6) is 0.505. The number of hydrogen-bond donors (Lipinski definition) is 2. The average molecular weight is 401 g/mol. The van der Waals surface area contributed by atoms with Crippen molar-refractivity contribution in [3.8, 4) is 33.9 Å². The molecule has 1 heterocycles. The molecule has 0 radical (unpaired) electrons. The number of hydrogen-bond acceptors (Lipinski definition) is 6. The van der Waals surface area contributed by atoms with Crippen molar-refractivity contribution in [2.24, 2.45) is 5.10 Å². The van der Waals surface area contributed by atoms with Crippen LogP contribution in [0.2, 0.25) is 0 Å². The van der Waals surface area contributed by atoms with Crippen LogP contribution in [0, 0.1) is 0 Å². The molecule has 0 unspecified atom stereocenters. The molecule has 0 atom stereocenters. The second-order valence-corrected chi connectivity index (χ2v) is 7.14. The molecule has 6 heteroatoms. The number of anilines is 1. The number of benzene rings is 3. The third kappa shape index (κ3) is 4.44. The Morgan fingerprint density at radius 2 is 1.69 bits per heavy atom. The van der Waals surface area contributed by atoms with Crippen molar-refractivity contribution in [1.29, 1.82) is 0 Å². The lowest BCUT2D eigenvalue weighted by Crippen LogP contribution is -1.91. The molecule has 29 heavy (non-hydrogen) atoms. The van der Waals surface area contributed by atoms with Crippen LogP contribution in [0.1, 0.15) is 5.56 Å². The standard InChI is InChI=1S/C23H19N3O2S/c1-28-22-13-16(7-12-21(22)27)14-24-26-23-25-20(15-29-23)19-10-8-18(9-11-19)17-5-3-2-4-6-17/h2-15,27H,1H3,(H,25,26)/b24-14-. The number of aromatic hydroxyl groups is 1. The van der Waals surface area contributed by atoms with Crippen LogP contribution in [0.4, 0.5) is 5.13 Å². The summed E-state index contributed by atoms with van der Waals surface area (Å²) in [6.45, 7) is 0. The van der Waals surface area contributed by atoms with Gasteiger partial charge in [0, 0.05) is 10.9 Å². The molecule has 3 aromatic carbocycles. The highest BCUT2D eigenvalue weighted by Gasteiger charge is 2.05. The molecule has 0 saturated heterocycles. The Hall–Kier alpha value is -3.64. The molecule has 144 valence electrons. The summed E-state index contributed by atoms with van der Waals surface area (Å²) in [6, 6.07) is 23.7. The minimum absolute atomic E-state index is 0.0976. The SMILES string of the molecule is COc1cc(/C=N\Nc2nc(-c3ccc(-c4ccccc4)cc3)cs2)ccc1O. The molecule has 0 amide bonds. The molecule has 0 bridgehead atoms. The van der Waals surface area contributed by atoms with Gasteiger partial charge in [-0.2, -0.15) is 5.10 Å². The van der Waals surface area contributed by atoms with Crippen LogP contribution in [0.5, 0.6) is 11.5 Å². The van der Waals surface area contributed by atoms with Gasteiger partial charge in [0.2, 0.25) is 5.13 Å². The molecule has 0 aliphatic carbocycles. The Kier molecular flexibility index (Phi) is 5.54. The lowest BCUT2D eigenvalue weighted by atomic mass is 10.0. The van der Waals surface area contributed by atoms with Crippen molar-refractivity contribution in [2.75, 3.05) is 12.5 Å². The lowest BCUT2D eigenvalue weighted by molar-refractivity contribution is 0.373. The zero-order chi connectivity index (χ0) is 20.1. The summed E-state index contributed by atoms with van der Waals surface area (Å²) in [5.41, 5.74) is 8.08. The largest absolute Gasteiger partial charge is 0.504 e. The highest BCUT2D eigenvalue weighted by molar-refractivity contribution is 7.14. The van der Waals surface area contributed by atoms with Crippen LogP contribution in [0.3, 0.4) is 0 Å². The van der Waals surface area contributed by atoms with Gasteiger partial charge in [0.05, 0.1) is 19.0 Å². The molecule has 5 nitrogen and oxygen atoms in total. The summed E-state index contributed by atoms with van der Waals surface area (Å²) in [4.78, 5) is 4.59. The number of ether oxygens (including phenoxy) is 1. The predicted molar refractivity (Wildman–Crippen MR) is 119 cm³/mol. The fraction of sp³-hybridized carbons (Fsp3) is 0.0435. The maximum atomic E-state index is 9.64. The fourth-order valence-corrected chi connectivity index (χ4v) is 3.53. The molecule has 4 aromatic rings. The van der Waals surface area contributed by atoms with Crippen LogP contribution < -0.4 is 10.2 Å². The topological polar surface area (TPSA) is 66.7 Å². The van der Waals surface area contributed by atoms with Gasteiger partial charge in [-0.3, -0.25) is 5.43 Å². The van der Waals surface area contributed by atoms with E-state index in [2.05, 4.69) is 51.9 Å². The number of nitrogens with one attached hydrogen (secondary N) is 1. The minimum Gasteiger partial charge on any atom is -0.504 e. The smallest absolute Gasteiger partial charge is 0.203 e. The highest BCUT2D eigenvalue weighted by Crippen LogP contribution is 2.28. The van der Waals surface area contributed by atoms with E-state index in [1.165, 1.54) is 29.6 Å². The normalized spacial score (nSPS) is 10.9. The van der Waals surface area contributed by atoms with Gasteiger partial charge in [0.15, 0.2) is 11.5 Å². The maximum absolute atomic E-state index is 9.64. The van der Waals surface area contributed by atoms with Crippen molar-refractivity contribution in [2.45, 2.75) is 0 Å². The Morgan fingerprint density at radius 3 is 2.45 bits per heavy atom. The Morgan fingerprint density at radius 1 is 0.966 bits per heavy atom. The first-order valence-electron chi connectivity index (χ1n) is 9.00. The zero-order valence-electron chi connectivity index (χ0n) is 15.7. The van der Waals surface area contributed by atoms with E-state index in [1.54, 1.807) is 24.4 Å². The number of aromatic nitrogens is 1.